The van der Waals surface area contributed by atoms with E-state index in [1.807, 2.05) is 0 Å². The van der Waals surface area contributed by atoms with Gasteiger partial charge in [0.15, 0.2) is 0 Å². The van der Waals surface area contributed by atoms with Crippen molar-refractivity contribution in [3.05, 3.63) is 64.8 Å². The molecule has 0 unspecified atom stereocenters. The first kappa shape index (κ1) is 22.0. The number of phenols is 1. The van der Waals surface area contributed by atoms with Gasteiger partial charge in [-0.3, -0.25) is 14.5 Å². The maximum atomic E-state index is 12.9. The molecule has 2 aromatic carbocycles. The molecular weight excluding hydrogens is 423 g/mol. The van der Waals surface area contributed by atoms with Crippen LogP contribution in [-0.4, -0.2) is 32.7 Å². The largest absolute Gasteiger partial charge is 0.508 e. The van der Waals surface area contributed by atoms with Crippen molar-refractivity contribution in [1.29, 1.82) is 0 Å². The summed E-state index contributed by atoms with van der Waals surface area (Å²) in [7, 11) is 0. The number of nitrogens with one attached hydrogen (secondary N) is 1. The number of phenolic OH excluding ortho intramolecular Hbond substituents is 1. The molecule has 2 N–H and O–H groups in total. The smallest absolute Gasteiger partial charge is 0.266 e. The lowest BCUT2D eigenvalue weighted by atomic mass is 10.1. The van der Waals surface area contributed by atoms with Gasteiger partial charge in [0.2, 0.25) is 5.91 Å². The van der Waals surface area contributed by atoms with E-state index < -0.39 is 0 Å². The van der Waals surface area contributed by atoms with Crippen molar-refractivity contribution in [2.24, 2.45) is 0 Å². The molecule has 8 heteroatoms. The van der Waals surface area contributed by atoms with E-state index in [1.54, 1.807) is 35.2 Å². The lowest BCUT2D eigenvalue weighted by Crippen LogP contribution is -2.29. The van der Waals surface area contributed by atoms with Crippen molar-refractivity contribution in [2.45, 2.75) is 25.7 Å². The summed E-state index contributed by atoms with van der Waals surface area (Å²) in [5.41, 5.74) is 1.39. The van der Waals surface area contributed by atoms with Crippen LogP contribution in [-0.2, 0) is 9.59 Å². The molecule has 2 amide bonds. The molecule has 0 aliphatic carbocycles. The Morgan fingerprint density at radius 1 is 1.10 bits per heavy atom. The molecular formula is C22H21FN2O3S2. The van der Waals surface area contributed by atoms with Crippen LogP contribution in [0.3, 0.4) is 0 Å². The summed E-state index contributed by atoms with van der Waals surface area (Å²) >= 11 is 6.60. The van der Waals surface area contributed by atoms with Gasteiger partial charge in [0.25, 0.3) is 5.91 Å². The van der Waals surface area contributed by atoms with E-state index in [4.69, 9.17) is 12.2 Å². The first-order chi connectivity index (χ1) is 14.4. The van der Waals surface area contributed by atoms with Crippen LogP contribution in [0.4, 0.5) is 10.1 Å². The highest BCUT2D eigenvalue weighted by Gasteiger charge is 2.31. The molecule has 1 heterocycles. The quantitative estimate of drug-likeness (QED) is 0.343. The van der Waals surface area contributed by atoms with E-state index in [1.165, 1.54) is 36.0 Å². The molecule has 1 aliphatic rings. The Balaban J connectivity index is 1.40. The third-order valence-corrected chi connectivity index (χ3v) is 5.86. The summed E-state index contributed by atoms with van der Waals surface area (Å²) < 4.78 is 13.4. The first-order valence-electron chi connectivity index (χ1n) is 9.52. The van der Waals surface area contributed by atoms with Gasteiger partial charge in [0.05, 0.1) is 4.91 Å². The summed E-state index contributed by atoms with van der Waals surface area (Å²) in [6.07, 6.45) is 4.33. The van der Waals surface area contributed by atoms with Crippen molar-refractivity contribution in [3.8, 4) is 5.75 Å². The zero-order chi connectivity index (χ0) is 21.5. The summed E-state index contributed by atoms with van der Waals surface area (Å²) in [5.74, 6) is -0.413. The topological polar surface area (TPSA) is 69.6 Å². The van der Waals surface area contributed by atoms with Gasteiger partial charge in [-0.1, -0.05) is 42.5 Å². The molecule has 0 radical (unpaired) electrons. The van der Waals surface area contributed by atoms with E-state index in [0.29, 0.717) is 34.3 Å². The van der Waals surface area contributed by atoms with Gasteiger partial charge in [0.1, 0.15) is 15.9 Å². The fraction of sp³-hybridized carbons (Fsp3) is 0.227. The van der Waals surface area contributed by atoms with Crippen molar-refractivity contribution >= 4 is 51.9 Å². The molecule has 5 nitrogen and oxygen atoms in total. The number of carbonyl (C=O) groups excluding carboxylic acids is 2. The third-order valence-electron chi connectivity index (χ3n) is 4.48. The van der Waals surface area contributed by atoms with Gasteiger partial charge < -0.3 is 10.4 Å². The number of hydrogen-bond donors (Lipinski definition) is 2. The summed E-state index contributed by atoms with van der Waals surface area (Å²) in [6.45, 7) is 0.511. The van der Waals surface area contributed by atoms with Crippen LogP contribution >= 0.6 is 24.0 Å². The highest BCUT2D eigenvalue weighted by molar-refractivity contribution is 8.26. The van der Waals surface area contributed by atoms with Crippen molar-refractivity contribution < 1.29 is 19.1 Å². The van der Waals surface area contributed by atoms with Crippen LogP contribution in [0.25, 0.3) is 6.08 Å². The van der Waals surface area contributed by atoms with Gasteiger partial charge in [-0.05, 0) is 60.9 Å². The first-order valence-corrected chi connectivity index (χ1v) is 10.7. The summed E-state index contributed by atoms with van der Waals surface area (Å²) in [5, 5.41) is 12.1. The molecule has 1 saturated heterocycles. The van der Waals surface area contributed by atoms with E-state index >= 15 is 0 Å². The molecule has 0 spiro atoms. The van der Waals surface area contributed by atoms with Crippen LogP contribution < -0.4 is 5.32 Å². The lowest BCUT2D eigenvalue weighted by Gasteiger charge is -2.14. The van der Waals surface area contributed by atoms with E-state index in [-0.39, 0.29) is 23.4 Å². The average molecular weight is 445 g/mol. The van der Waals surface area contributed by atoms with Crippen LogP contribution in [0.5, 0.6) is 5.75 Å². The van der Waals surface area contributed by atoms with E-state index in [2.05, 4.69) is 5.32 Å². The van der Waals surface area contributed by atoms with Crippen LogP contribution in [0.1, 0.15) is 31.2 Å². The highest BCUT2D eigenvalue weighted by atomic mass is 32.2. The number of halogens is 1. The minimum Gasteiger partial charge on any atom is -0.508 e. The number of amides is 2. The van der Waals surface area contributed by atoms with Crippen LogP contribution in [0.2, 0.25) is 0 Å². The van der Waals surface area contributed by atoms with Crippen molar-refractivity contribution in [2.75, 3.05) is 11.9 Å². The fourth-order valence-electron chi connectivity index (χ4n) is 2.90. The minimum atomic E-state index is -0.346. The van der Waals surface area contributed by atoms with Crippen LogP contribution in [0, 0.1) is 5.82 Å². The minimum absolute atomic E-state index is 0.118. The molecule has 0 bridgehead atoms. The van der Waals surface area contributed by atoms with E-state index in [9.17, 15) is 19.1 Å². The summed E-state index contributed by atoms with van der Waals surface area (Å²) in [6, 6.07) is 12.2. The Hall–Kier alpha value is -2.71. The molecule has 1 aliphatic heterocycles. The number of thiocarbonyl (C=S) groups is 1. The number of aromatic hydroxyl groups is 1. The Morgan fingerprint density at radius 3 is 2.50 bits per heavy atom. The average Bonchev–Trinajstić information content (AvgIpc) is 2.98. The van der Waals surface area contributed by atoms with Gasteiger partial charge >= 0.3 is 0 Å². The Morgan fingerprint density at radius 2 is 1.80 bits per heavy atom. The Bertz CT molecular complexity index is 959. The number of carbonyl (C=O) groups is 2. The SMILES string of the molecule is O=C(CCCCCN1C(=O)/C(=C/c2ccc(O)cc2)SC1=S)Nc1ccc(F)cc1. The number of rotatable bonds is 8. The Kier molecular flexibility index (Phi) is 7.59. The molecule has 0 aromatic heterocycles. The monoisotopic (exact) mass is 444 g/mol. The standard InChI is InChI=1S/C22H21FN2O3S2/c23-16-7-9-17(10-8-16)24-20(27)4-2-1-3-13-25-21(28)19(30-22(25)29)14-15-5-11-18(26)12-6-15/h5-12,14,26H,1-4,13H2,(H,24,27)/b19-14-. The molecule has 0 saturated carbocycles. The molecule has 3 rings (SSSR count). The van der Waals surface area contributed by atoms with E-state index in [0.717, 1.165) is 18.4 Å². The second-order valence-corrected chi connectivity index (χ2v) is 8.47. The van der Waals surface area contributed by atoms with Crippen molar-refractivity contribution in [3.63, 3.8) is 0 Å². The fourth-order valence-corrected chi connectivity index (χ4v) is 4.21. The van der Waals surface area contributed by atoms with Crippen LogP contribution in [0.15, 0.2) is 53.4 Å². The summed E-state index contributed by atoms with van der Waals surface area (Å²) in [4.78, 5) is 26.7. The zero-order valence-corrected chi connectivity index (χ0v) is 17.8. The van der Waals surface area contributed by atoms with Gasteiger partial charge in [-0.2, -0.15) is 0 Å². The number of unbranched alkanes of at least 4 members (excludes halogenated alkanes) is 2. The molecule has 1 fully saturated rings. The maximum Gasteiger partial charge on any atom is 0.266 e. The molecule has 156 valence electrons. The highest BCUT2D eigenvalue weighted by Crippen LogP contribution is 2.33. The van der Waals surface area contributed by atoms with Gasteiger partial charge in [-0.15, -0.1) is 0 Å². The molecule has 30 heavy (non-hydrogen) atoms. The number of nitrogens with zero attached hydrogens (tertiary/aromatic N) is 1. The second kappa shape index (κ2) is 10.4. The second-order valence-electron chi connectivity index (χ2n) is 6.79. The van der Waals surface area contributed by atoms with Crippen molar-refractivity contribution in [1.82, 2.24) is 4.90 Å². The maximum absolute atomic E-state index is 12.9. The molecule has 2 aromatic rings. The predicted molar refractivity (Wildman–Crippen MR) is 121 cm³/mol. The lowest BCUT2D eigenvalue weighted by molar-refractivity contribution is -0.122. The van der Waals surface area contributed by atoms with Gasteiger partial charge in [0, 0.05) is 18.7 Å². The van der Waals surface area contributed by atoms with Gasteiger partial charge in [-0.25, -0.2) is 4.39 Å². The predicted octanol–water partition coefficient (Wildman–Crippen LogP) is 4.93. The zero-order valence-electron chi connectivity index (χ0n) is 16.1. The number of hydrogen-bond acceptors (Lipinski definition) is 5. The third kappa shape index (κ3) is 6.14. The molecule has 0 atom stereocenters. The Labute approximate surface area is 184 Å². The normalized spacial score (nSPS) is 15.1. The number of thioether (sulfide) groups is 1. The number of benzene rings is 2. The number of anilines is 1.